The Hall–Kier alpha value is -1.14. The van der Waals surface area contributed by atoms with E-state index in [-0.39, 0.29) is 24.4 Å². The molecule has 1 fully saturated rings. The molecule has 0 saturated carbocycles. The van der Waals surface area contributed by atoms with Crippen molar-refractivity contribution in [1.29, 1.82) is 0 Å². The third kappa shape index (κ3) is 2.93. The van der Waals surface area contributed by atoms with Gasteiger partial charge in [0.25, 0.3) is 0 Å². The summed E-state index contributed by atoms with van der Waals surface area (Å²) in [7, 11) is 0. The summed E-state index contributed by atoms with van der Waals surface area (Å²) in [4.78, 5) is 22.7. The van der Waals surface area contributed by atoms with Crippen LogP contribution in [0, 0.1) is 11.3 Å². The van der Waals surface area contributed by atoms with Crippen LogP contribution in [-0.4, -0.2) is 37.6 Å². The molecule has 1 aliphatic rings. The molecule has 0 aromatic carbocycles. The van der Waals surface area contributed by atoms with Crippen LogP contribution in [-0.2, 0) is 14.3 Å². The fourth-order valence-electron chi connectivity index (χ4n) is 1.37. The molecule has 0 radical (unpaired) electrons. The number of primary amides is 1. The van der Waals surface area contributed by atoms with Crippen LogP contribution in [0.2, 0.25) is 0 Å². The average Bonchev–Trinajstić information content (AvgIpc) is 2.61. The highest BCUT2D eigenvalue weighted by molar-refractivity contribution is 5.83. The van der Waals surface area contributed by atoms with Crippen molar-refractivity contribution in [3.05, 3.63) is 0 Å². The highest BCUT2D eigenvalue weighted by Gasteiger charge is 2.33. The molecule has 16 heavy (non-hydrogen) atoms. The summed E-state index contributed by atoms with van der Waals surface area (Å²) in [5.41, 5.74) is 10.1. The fraction of sp³-hybridized carbons (Fsp3) is 0.800. The van der Waals surface area contributed by atoms with Gasteiger partial charge in [-0.15, -0.1) is 0 Å². The molecule has 0 spiro atoms. The first-order chi connectivity index (χ1) is 7.34. The maximum Gasteiger partial charge on any atom is 0.227 e. The van der Waals surface area contributed by atoms with E-state index in [0.29, 0.717) is 13.2 Å². The fourth-order valence-corrected chi connectivity index (χ4v) is 1.37. The summed E-state index contributed by atoms with van der Waals surface area (Å²) in [5.74, 6) is -0.956. The number of ether oxygens (including phenoxy) is 1. The normalized spacial score (nSPS) is 25.4. The van der Waals surface area contributed by atoms with E-state index in [4.69, 9.17) is 16.2 Å². The zero-order valence-electron chi connectivity index (χ0n) is 9.66. The maximum absolute atomic E-state index is 11.7. The predicted molar refractivity (Wildman–Crippen MR) is 58.3 cm³/mol. The number of hydrogen-bond donors (Lipinski definition) is 3. The van der Waals surface area contributed by atoms with Gasteiger partial charge in [0.15, 0.2) is 0 Å². The van der Waals surface area contributed by atoms with Crippen LogP contribution in [0.5, 0.6) is 0 Å². The lowest BCUT2D eigenvalue weighted by molar-refractivity contribution is -0.128. The summed E-state index contributed by atoms with van der Waals surface area (Å²) < 4.78 is 5.09. The van der Waals surface area contributed by atoms with Gasteiger partial charge in [-0.05, 0) is 13.8 Å². The summed E-state index contributed by atoms with van der Waals surface area (Å²) >= 11 is 0. The second kappa shape index (κ2) is 4.80. The van der Waals surface area contributed by atoms with E-state index in [2.05, 4.69) is 5.32 Å². The molecule has 6 heteroatoms. The average molecular weight is 229 g/mol. The first-order valence-corrected chi connectivity index (χ1v) is 5.25. The molecule has 2 atom stereocenters. The SMILES string of the molecule is CC(C)(CNC(=O)C1COCC1N)C(N)=O. The van der Waals surface area contributed by atoms with E-state index < -0.39 is 11.3 Å². The third-order valence-corrected chi connectivity index (χ3v) is 2.83. The Kier molecular flexibility index (Phi) is 3.88. The first kappa shape index (κ1) is 12.9. The first-order valence-electron chi connectivity index (χ1n) is 5.25. The van der Waals surface area contributed by atoms with Crippen LogP contribution in [0.25, 0.3) is 0 Å². The van der Waals surface area contributed by atoms with Crippen LogP contribution in [0.4, 0.5) is 0 Å². The van der Waals surface area contributed by atoms with Gasteiger partial charge in [0.05, 0.1) is 24.5 Å². The maximum atomic E-state index is 11.7. The van der Waals surface area contributed by atoms with Gasteiger partial charge in [-0.3, -0.25) is 9.59 Å². The van der Waals surface area contributed by atoms with Gasteiger partial charge < -0.3 is 21.5 Å². The monoisotopic (exact) mass is 229 g/mol. The van der Waals surface area contributed by atoms with E-state index in [0.717, 1.165) is 0 Å². The minimum Gasteiger partial charge on any atom is -0.379 e. The molecule has 0 aromatic rings. The second-order valence-corrected chi connectivity index (χ2v) is 4.77. The second-order valence-electron chi connectivity index (χ2n) is 4.77. The van der Waals surface area contributed by atoms with Crippen molar-refractivity contribution in [3.8, 4) is 0 Å². The van der Waals surface area contributed by atoms with Crippen LogP contribution >= 0.6 is 0 Å². The van der Waals surface area contributed by atoms with Crippen molar-refractivity contribution in [2.45, 2.75) is 19.9 Å². The molecule has 1 heterocycles. The summed E-state index contributed by atoms with van der Waals surface area (Å²) in [6, 6.07) is -0.267. The zero-order chi connectivity index (χ0) is 12.3. The molecule has 0 bridgehead atoms. The molecule has 2 unspecified atom stereocenters. The highest BCUT2D eigenvalue weighted by Crippen LogP contribution is 2.15. The molecular formula is C10H19N3O3. The molecule has 1 saturated heterocycles. The Labute approximate surface area is 94.7 Å². The number of carbonyl (C=O) groups excluding carboxylic acids is 2. The molecule has 0 aromatic heterocycles. The molecule has 0 aliphatic carbocycles. The minimum atomic E-state index is -0.751. The summed E-state index contributed by atoms with van der Waals surface area (Å²) in [6.45, 7) is 4.31. The number of hydrogen-bond acceptors (Lipinski definition) is 4. The van der Waals surface area contributed by atoms with Gasteiger partial charge in [0.2, 0.25) is 11.8 Å². The number of rotatable bonds is 4. The lowest BCUT2D eigenvalue weighted by Gasteiger charge is -2.22. The van der Waals surface area contributed by atoms with Crippen LogP contribution < -0.4 is 16.8 Å². The van der Waals surface area contributed by atoms with E-state index in [1.165, 1.54) is 0 Å². The van der Waals surface area contributed by atoms with Crippen molar-refractivity contribution in [2.24, 2.45) is 22.8 Å². The Morgan fingerprint density at radius 1 is 1.44 bits per heavy atom. The Morgan fingerprint density at radius 2 is 2.06 bits per heavy atom. The Balaban J connectivity index is 2.44. The molecule has 1 rings (SSSR count). The quantitative estimate of drug-likeness (QED) is 0.550. The van der Waals surface area contributed by atoms with E-state index >= 15 is 0 Å². The highest BCUT2D eigenvalue weighted by atomic mass is 16.5. The van der Waals surface area contributed by atoms with E-state index in [1.54, 1.807) is 13.8 Å². The van der Waals surface area contributed by atoms with Gasteiger partial charge in [0.1, 0.15) is 0 Å². The van der Waals surface area contributed by atoms with E-state index in [9.17, 15) is 9.59 Å². The molecule has 1 aliphatic heterocycles. The molecule has 92 valence electrons. The van der Waals surface area contributed by atoms with Crippen molar-refractivity contribution < 1.29 is 14.3 Å². The van der Waals surface area contributed by atoms with Crippen LogP contribution in [0.1, 0.15) is 13.8 Å². The smallest absolute Gasteiger partial charge is 0.227 e. The lowest BCUT2D eigenvalue weighted by Crippen LogP contribution is -2.47. The van der Waals surface area contributed by atoms with Gasteiger partial charge in [-0.2, -0.15) is 0 Å². The number of nitrogens with one attached hydrogen (secondary N) is 1. The van der Waals surface area contributed by atoms with Crippen molar-refractivity contribution in [3.63, 3.8) is 0 Å². The molecule has 2 amide bonds. The van der Waals surface area contributed by atoms with Gasteiger partial charge >= 0.3 is 0 Å². The minimum absolute atomic E-state index is 0.181. The van der Waals surface area contributed by atoms with Crippen LogP contribution in [0.3, 0.4) is 0 Å². The topological polar surface area (TPSA) is 107 Å². The molecule has 6 nitrogen and oxygen atoms in total. The van der Waals surface area contributed by atoms with E-state index in [1.807, 2.05) is 0 Å². The Morgan fingerprint density at radius 3 is 2.50 bits per heavy atom. The van der Waals surface area contributed by atoms with Crippen molar-refractivity contribution in [2.75, 3.05) is 19.8 Å². The third-order valence-electron chi connectivity index (χ3n) is 2.83. The lowest BCUT2D eigenvalue weighted by atomic mass is 9.92. The molecule has 5 N–H and O–H groups in total. The van der Waals surface area contributed by atoms with Gasteiger partial charge in [-0.1, -0.05) is 0 Å². The zero-order valence-corrected chi connectivity index (χ0v) is 9.66. The standard InChI is InChI=1S/C10H19N3O3/c1-10(2,9(12)15)5-13-8(14)6-3-16-4-7(6)11/h6-7H,3-5,11H2,1-2H3,(H2,12,15)(H,13,14). The summed E-state index contributed by atoms with van der Waals surface area (Å²) in [6.07, 6.45) is 0. The summed E-state index contributed by atoms with van der Waals surface area (Å²) in [5, 5.41) is 2.68. The number of amides is 2. The number of carbonyl (C=O) groups is 2. The largest absolute Gasteiger partial charge is 0.379 e. The molecular weight excluding hydrogens is 210 g/mol. The predicted octanol–water partition coefficient (Wildman–Crippen LogP) is -1.41. The Bertz CT molecular complexity index is 291. The van der Waals surface area contributed by atoms with Crippen molar-refractivity contribution >= 4 is 11.8 Å². The van der Waals surface area contributed by atoms with Gasteiger partial charge in [-0.25, -0.2) is 0 Å². The van der Waals surface area contributed by atoms with Crippen LogP contribution in [0.15, 0.2) is 0 Å². The number of nitrogens with two attached hydrogens (primary N) is 2. The van der Waals surface area contributed by atoms with Crippen molar-refractivity contribution in [1.82, 2.24) is 5.32 Å². The van der Waals surface area contributed by atoms with Gasteiger partial charge in [0, 0.05) is 12.6 Å².